The minimum absolute atomic E-state index is 0.283. The quantitative estimate of drug-likeness (QED) is 0.787. The summed E-state index contributed by atoms with van der Waals surface area (Å²) in [6.45, 7) is 0. The van der Waals surface area contributed by atoms with Crippen molar-refractivity contribution in [2.45, 2.75) is 19.3 Å². The van der Waals surface area contributed by atoms with Gasteiger partial charge in [0.1, 0.15) is 5.75 Å². The Morgan fingerprint density at radius 2 is 2.15 bits per heavy atom. The molecule has 0 saturated heterocycles. The molecule has 0 aliphatic heterocycles. The third kappa shape index (κ3) is 1.95. The first-order valence-electron chi connectivity index (χ1n) is 6.48. The van der Waals surface area contributed by atoms with Gasteiger partial charge in [0.2, 0.25) is 0 Å². The maximum absolute atomic E-state index is 11.7. The fourth-order valence-electron chi connectivity index (χ4n) is 2.59. The first-order chi connectivity index (χ1) is 9.74. The number of hydrogen-bond acceptors (Lipinski definition) is 5. The van der Waals surface area contributed by atoms with Crippen molar-refractivity contribution in [2.75, 3.05) is 14.2 Å². The molecule has 1 aliphatic carbocycles. The lowest BCUT2D eigenvalue weighted by molar-refractivity contribution is 0.0588. The number of nitrogens with zero attached hydrogens (tertiary/aromatic N) is 1. The molecule has 1 heterocycles. The van der Waals surface area contributed by atoms with E-state index in [1.165, 1.54) is 7.11 Å². The summed E-state index contributed by atoms with van der Waals surface area (Å²) in [6.07, 6.45) is 2.59. The summed E-state index contributed by atoms with van der Waals surface area (Å²) in [5.74, 6) is 1.03. The number of carbonyl (C=O) groups excluding carboxylic acids is 1. The van der Waals surface area contributed by atoms with Crippen LogP contribution in [0.25, 0.3) is 11.3 Å². The van der Waals surface area contributed by atoms with Gasteiger partial charge in [0.05, 0.1) is 14.2 Å². The standard InChI is InChI=1S/C15H15NO4/c1-18-10-6-7-11-9(8-10)4-3-5-12-13(15(17)19-2)16-20-14(11)12/h6-8H,3-5H2,1-2H3. The molecular weight excluding hydrogens is 258 g/mol. The van der Waals surface area contributed by atoms with E-state index in [9.17, 15) is 4.79 Å². The minimum Gasteiger partial charge on any atom is -0.497 e. The van der Waals surface area contributed by atoms with E-state index in [0.29, 0.717) is 5.76 Å². The first kappa shape index (κ1) is 12.7. The number of benzene rings is 1. The Kier molecular flexibility index (Phi) is 3.18. The van der Waals surface area contributed by atoms with Crippen molar-refractivity contribution in [3.63, 3.8) is 0 Å². The number of aryl methyl sites for hydroxylation is 1. The average Bonchev–Trinajstić information content (AvgIpc) is 2.81. The van der Waals surface area contributed by atoms with Crippen molar-refractivity contribution in [1.82, 2.24) is 5.16 Å². The number of hydrogen-bond donors (Lipinski definition) is 0. The second kappa shape index (κ2) is 5.00. The lowest BCUT2D eigenvalue weighted by Gasteiger charge is -2.06. The Balaban J connectivity index is 2.13. The summed E-state index contributed by atoms with van der Waals surface area (Å²) in [5, 5.41) is 3.87. The van der Waals surface area contributed by atoms with Crippen LogP contribution in [0.4, 0.5) is 0 Å². The molecule has 0 amide bonds. The topological polar surface area (TPSA) is 61.6 Å². The van der Waals surface area contributed by atoms with Gasteiger partial charge in [-0.25, -0.2) is 4.79 Å². The van der Waals surface area contributed by atoms with Crippen molar-refractivity contribution < 1.29 is 18.8 Å². The Morgan fingerprint density at radius 3 is 2.90 bits per heavy atom. The van der Waals surface area contributed by atoms with E-state index in [-0.39, 0.29) is 5.69 Å². The number of fused-ring (bicyclic) bond motifs is 3. The van der Waals surface area contributed by atoms with Crippen molar-refractivity contribution in [3.05, 3.63) is 35.0 Å². The van der Waals surface area contributed by atoms with E-state index in [2.05, 4.69) is 5.16 Å². The maximum atomic E-state index is 11.7. The molecule has 0 bridgehead atoms. The summed E-state index contributed by atoms with van der Waals surface area (Å²) < 4.78 is 15.4. The second-order valence-electron chi connectivity index (χ2n) is 4.71. The van der Waals surface area contributed by atoms with Crippen LogP contribution in [0.1, 0.15) is 28.0 Å². The molecule has 20 heavy (non-hydrogen) atoms. The Labute approximate surface area is 116 Å². The molecule has 5 heteroatoms. The van der Waals surface area contributed by atoms with Gasteiger partial charge >= 0.3 is 5.97 Å². The van der Waals surface area contributed by atoms with Gasteiger partial charge < -0.3 is 14.0 Å². The zero-order valence-corrected chi connectivity index (χ0v) is 11.4. The highest BCUT2D eigenvalue weighted by molar-refractivity contribution is 5.91. The number of aromatic nitrogens is 1. The molecule has 0 fully saturated rings. The van der Waals surface area contributed by atoms with E-state index in [0.717, 1.165) is 41.7 Å². The van der Waals surface area contributed by atoms with Crippen LogP contribution in [-0.4, -0.2) is 25.3 Å². The number of methoxy groups -OCH3 is 2. The third-order valence-corrected chi connectivity index (χ3v) is 3.60. The van der Waals surface area contributed by atoms with Gasteiger partial charge in [0.15, 0.2) is 11.5 Å². The molecule has 104 valence electrons. The SMILES string of the molecule is COC(=O)c1noc2c1CCCc1cc(OC)ccc1-2. The van der Waals surface area contributed by atoms with E-state index in [1.54, 1.807) is 7.11 Å². The van der Waals surface area contributed by atoms with Crippen LogP contribution in [0.5, 0.6) is 5.75 Å². The van der Waals surface area contributed by atoms with Gasteiger partial charge in [-0.15, -0.1) is 0 Å². The third-order valence-electron chi connectivity index (χ3n) is 3.60. The molecule has 1 aromatic heterocycles. The van der Waals surface area contributed by atoms with Crippen molar-refractivity contribution in [1.29, 1.82) is 0 Å². The summed E-state index contributed by atoms with van der Waals surface area (Å²) in [7, 11) is 2.99. The largest absolute Gasteiger partial charge is 0.497 e. The van der Waals surface area contributed by atoms with Gasteiger partial charge in [-0.05, 0) is 43.0 Å². The molecule has 0 radical (unpaired) electrons. The van der Waals surface area contributed by atoms with Crippen LogP contribution in [0.15, 0.2) is 22.7 Å². The molecule has 2 aromatic rings. The molecule has 5 nitrogen and oxygen atoms in total. The lowest BCUT2D eigenvalue weighted by atomic mass is 10.0. The van der Waals surface area contributed by atoms with Crippen LogP contribution >= 0.6 is 0 Å². The first-order valence-corrected chi connectivity index (χ1v) is 6.48. The molecule has 1 aromatic carbocycles. The van der Waals surface area contributed by atoms with Crippen molar-refractivity contribution in [3.8, 4) is 17.1 Å². The van der Waals surface area contributed by atoms with Gasteiger partial charge in [-0.2, -0.15) is 0 Å². The molecule has 0 N–H and O–H groups in total. The maximum Gasteiger partial charge on any atom is 0.360 e. The summed E-state index contributed by atoms with van der Waals surface area (Å²) in [6, 6.07) is 5.84. The van der Waals surface area contributed by atoms with Gasteiger partial charge in [-0.1, -0.05) is 5.16 Å². The number of rotatable bonds is 2. The van der Waals surface area contributed by atoms with Crippen LogP contribution in [0.3, 0.4) is 0 Å². The van der Waals surface area contributed by atoms with Gasteiger partial charge in [0, 0.05) is 11.1 Å². The fraction of sp³-hybridized carbons (Fsp3) is 0.333. The zero-order chi connectivity index (χ0) is 14.1. The number of esters is 1. The van der Waals surface area contributed by atoms with Crippen LogP contribution < -0.4 is 4.74 Å². The predicted molar refractivity (Wildman–Crippen MR) is 71.9 cm³/mol. The average molecular weight is 273 g/mol. The molecule has 0 atom stereocenters. The highest BCUT2D eigenvalue weighted by atomic mass is 16.5. The Hall–Kier alpha value is -2.30. The van der Waals surface area contributed by atoms with Crippen LogP contribution in [0, 0.1) is 0 Å². The summed E-state index contributed by atoms with van der Waals surface area (Å²) in [5.41, 5.74) is 3.24. The van der Waals surface area contributed by atoms with E-state index < -0.39 is 5.97 Å². The Morgan fingerprint density at radius 1 is 1.30 bits per heavy atom. The molecule has 0 saturated carbocycles. The molecule has 3 rings (SSSR count). The summed E-state index contributed by atoms with van der Waals surface area (Å²) in [4.78, 5) is 11.7. The fourth-order valence-corrected chi connectivity index (χ4v) is 2.59. The van der Waals surface area contributed by atoms with Crippen LogP contribution in [-0.2, 0) is 17.6 Å². The number of ether oxygens (including phenoxy) is 2. The number of carbonyl (C=O) groups is 1. The van der Waals surface area contributed by atoms with E-state index >= 15 is 0 Å². The minimum atomic E-state index is -0.452. The van der Waals surface area contributed by atoms with E-state index in [1.807, 2.05) is 18.2 Å². The second-order valence-corrected chi connectivity index (χ2v) is 4.71. The molecule has 0 spiro atoms. The van der Waals surface area contributed by atoms with Gasteiger partial charge in [0.25, 0.3) is 0 Å². The summed E-state index contributed by atoms with van der Waals surface area (Å²) >= 11 is 0. The van der Waals surface area contributed by atoms with Gasteiger partial charge in [-0.3, -0.25) is 0 Å². The Bertz CT molecular complexity index is 660. The predicted octanol–water partition coefficient (Wildman–Crippen LogP) is 2.63. The van der Waals surface area contributed by atoms with Crippen molar-refractivity contribution in [2.24, 2.45) is 0 Å². The molecular formula is C15H15NO4. The molecule has 0 unspecified atom stereocenters. The van der Waals surface area contributed by atoms with Crippen molar-refractivity contribution >= 4 is 5.97 Å². The molecule has 1 aliphatic rings. The smallest absolute Gasteiger partial charge is 0.360 e. The highest BCUT2D eigenvalue weighted by Crippen LogP contribution is 2.36. The monoisotopic (exact) mass is 273 g/mol. The highest BCUT2D eigenvalue weighted by Gasteiger charge is 2.26. The van der Waals surface area contributed by atoms with E-state index in [4.69, 9.17) is 14.0 Å². The van der Waals surface area contributed by atoms with Crippen LogP contribution in [0.2, 0.25) is 0 Å². The lowest BCUT2D eigenvalue weighted by Crippen LogP contribution is -2.05. The zero-order valence-electron chi connectivity index (χ0n) is 11.4. The normalized spacial score (nSPS) is 13.1.